The zero-order valence-corrected chi connectivity index (χ0v) is 27.7. The summed E-state index contributed by atoms with van der Waals surface area (Å²) in [6, 6.07) is 21.0. The fraction of sp³-hybridized carbons (Fsp3) is 0.455. The number of hydrogen-bond donors (Lipinski definition) is 1. The van der Waals surface area contributed by atoms with Gasteiger partial charge in [0.15, 0.2) is 8.32 Å². The van der Waals surface area contributed by atoms with Gasteiger partial charge in [0.1, 0.15) is 0 Å². The Balaban J connectivity index is 1.64. The summed E-state index contributed by atoms with van der Waals surface area (Å²) in [6.07, 6.45) is 4.63. The number of fused-ring (bicyclic) bond motifs is 1. The molecule has 0 amide bonds. The Morgan fingerprint density at radius 3 is 2.44 bits per heavy atom. The molecule has 2 heterocycles. The number of hydrogen-bond acceptors (Lipinski definition) is 4. The molecule has 2 aromatic carbocycles. The van der Waals surface area contributed by atoms with E-state index in [0.717, 1.165) is 58.4 Å². The number of benzene rings is 2. The molecule has 0 radical (unpaired) electrons. The van der Waals surface area contributed by atoms with Gasteiger partial charge in [-0.2, -0.15) is 5.10 Å². The highest BCUT2D eigenvalue weighted by atomic mass is 32.2. The normalized spacial score (nSPS) is 14.4. The Kier molecular flexibility index (Phi) is 9.38. The van der Waals surface area contributed by atoms with E-state index < -0.39 is 24.1 Å². The summed E-state index contributed by atoms with van der Waals surface area (Å²) < 4.78 is 20.2. The van der Waals surface area contributed by atoms with E-state index in [0.29, 0.717) is 6.61 Å². The lowest BCUT2D eigenvalue weighted by Gasteiger charge is -2.36. The average Bonchev–Trinajstić information content (AvgIpc) is 3.34. The van der Waals surface area contributed by atoms with Crippen molar-refractivity contribution >= 4 is 30.2 Å². The first-order valence-electron chi connectivity index (χ1n) is 14.6. The predicted molar refractivity (Wildman–Crippen MR) is 175 cm³/mol. The maximum atomic E-state index is 12.2. The third-order valence-corrected chi connectivity index (χ3v) is 14.3. The van der Waals surface area contributed by atoms with Gasteiger partial charge in [0.25, 0.3) is 0 Å². The van der Waals surface area contributed by atoms with Crippen molar-refractivity contribution in [1.29, 1.82) is 0 Å². The molecular weight excluding hydrogens is 545 g/mol. The fourth-order valence-corrected chi connectivity index (χ4v) is 6.19. The number of aromatic nitrogens is 3. The minimum atomic E-state index is -1.85. The smallest absolute Gasteiger partial charge is 0.192 e. The molecule has 0 aliphatic carbocycles. The summed E-state index contributed by atoms with van der Waals surface area (Å²) in [7, 11) is -3.25. The highest BCUT2D eigenvalue weighted by Gasteiger charge is 2.37. The molecule has 41 heavy (non-hydrogen) atoms. The SMILES string of the molecule is CCC[C@@H](CC(C)(C)S(N)=O)c1cccc(-c2ccc3cnn(-c4cccc(CO[Si](C)(C)C(C)(C)C)c4)c3c2)n1. The largest absolute Gasteiger partial charge is 0.413 e. The third kappa shape index (κ3) is 7.23. The molecule has 4 aromatic rings. The van der Waals surface area contributed by atoms with Crippen LogP contribution in [0.5, 0.6) is 0 Å². The van der Waals surface area contributed by atoms with Gasteiger partial charge in [0.05, 0.1) is 45.4 Å². The van der Waals surface area contributed by atoms with Gasteiger partial charge in [-0.1, -0.05) is 64.4 Å². The standard InChI is InChI=1S/C33H46N4O2SSi/c1-9-12-26(21-33(5,6)40(34)38)30-16-11-15-29(36-30)25-17-18-27-22-35-37(31(27)20-25)28-14-10-13-24(19-28)23-39-41(7,8)32(2,3)4/h10-11,13-20,22,26H,9,12,21,23,34H2,1-8H3/t26-,40?/m0/s1. The monoisotopic (exact) mass is 590 g/mol. The van der Waals surface area contributed by atoms with Crippen molar-refractivity contribution in [3.8, 4) is 16.9 Å². The Bertz CT molecular complexity index is 1520. The van der Waals surface area contributed by atoms with Crippen LogP contribution in [0.1, 0.15) is 78.0 Å². The minimum Gasteiger partial charge on any atom is -0.413 e. The van der Waals surface area contributed by atoms with E-state index >= 15 is 0 Å². The second-order valence-corrected chi connectivity index (χ2v) is 19.8. The number of nitrogens with two attached hydrogens (primary N) is 1. The Hall–Kier alpha value is -2.65. The van der Waals surface area contributed by atoms with E-state index in [1.165, 1.54) is 0 Å². The van der Waals surface area contributed by atoms with Crippen molar-refractivity contribution in [2.24, 2.45) is 5.14 Å². The van der Waals surface area contributed by atoms with Crippen LogP contribution >= 0.6 is 0 Å². The van der Waals surface area contributed by atoms with Crippen molar-refractivity contribution in [2.45, 2.75) is 96.2 Å². The van der Waals surface area contributed by atoms with Crippen molar-refractivity contribution in [3.63, 3.8) is 0 Å². The van der Waals surface area contributed by atoms with Gasteiger partial charge < -0.3 is 4.43 Å². The van der Waals surface area contributed by atoms with Crippen LogP contribution in [-0.2, 0) is 22.0 Å². The van der Waals surface area contributed by atoms with Crippen LogP contribution in [0.15, 0.2) is 66.9 Å². The van der Waals surface area contributed by atoms with E-state index in [2.05, 4.69) is 101 Å². The van der Waals surface area contributed by atoms with E-state index in [4.69, 9.17) is 19.6 Å². The van der Waals surface area contributed by atoms with E-state index in [-0.39, 0.29) is 11.0 Å². The topological polar surface area (TPSA) is 83.0 Å². The molecule has 4 rings (SSSR count). The minimum absolute atomic E-state index is 0.167. The Morgan fingerprint density at radius 2 is 1.76 bits per heavy atom. The highest BCUT2D eigenvalue weighted by molar-refractivity contribution is 7.84. The molecule has 1 unspecified atom stereocenters. The van der Waals surface area contributed by atoms with E-state index in [9.17, 15) is 4.21 Å². The summed E-state index contributed by atoms with van der Waals surface area (Å²) in [5.41, 5.74) is 6.16. The molecular formula is C33H46N4O2SSi. The van der Waals surface area contributed by atoms with Crippen molar-refractivity contribution < 1.29 is 8.63 Å². The van der Waals surface area contributed by atoms with Crippen molar-refractivity contribution in [1.82, 2.24) is 14.8 Å². The van der Waals surface area contributed by atoms with Gasteiger partial charge >= 0.3 is 0 Å². The summed E-state index contributed by atoms with van der Waals surface area (Å²) in [5.74, 6) is 0.188. The van der Waals surface area contributed by atoms with Gasteiger partial charge in [-0.3, -0.25) is 10.1 Å². The molecule has 0 saturated heterocycles. The van der Waals surface area contributed by atoms with E-state index in [1.807, 2.05) is 24.7 Å². The lowest BCUT2D eigenvalue weighted by molar-refractivity contribution is 0.276. The van der Waals surface area contributed by atoms with Crippen LogP contribution in [-0.4, -0.2) is 32.0 Å². The zero-order chi connectivity index (χ0) is 30.0. The molecule has 2 aromatic heterocycles. The lowest BCUT2D eigenvalue weighted by Crippen LogP contribution is -2.40. The molecule has 220 valence electrons. The van der Waals surface area contributed by atoms with Crippen LogP contribution in [0, 0.1) is 0 Å². The van der Waals surface area contributed by atoms with Gasteiger partial charge in [0.2, 0.25) is 0 Å². The van der Waals surface area contributed by atoms with Crippen molar-refractivity contribution in [3.05, 3.63) is 78.1 Å². The molecule has 0 fully saturated rings. The second-order valence-electron chi connectivity index (χ2n) is 13.2. The summed E-state index contributed by atoms with van der Waals surface area (Å²) in [6.45, 7) is 18.1. The second kappa shape index (κ2) is 12.3. The van der Waals surface area contributed by atoms with Crippen LogP contribution in [0.3, 0.4) is 0 Å². The fourth-order valence-electron chi connectivity index (χ4n) is 4.86. The number of rotatable bonds is 11. The Morgan fingerprint density at radius 1 is 1.02 bits per heavy atom. The third-order valence-electron chi connectivity index (χ3n) is 8.54. The number of pyridine rings is 1. The van der Waals surface area contributed by atoms with Crippen LogP contribution in [0.25, 0.3) is 27.8 Å². The first-order chi connectivity index (χ1) is 19.2. The molecule has 2 N–H and O–H groups in total. The summed E-state index contributed by atoms with van der Waals surface area (Å²) >= 11 is 0. The highest BCUT2D eigenvalue weighted by Crippen LogP contribution is 2.37. The molecule has 0 aliphatic rings. The molecule has 8 heteroatoms. The van der Waals surface area contributed by atoms with Gasteiger partial charge in [-0.25, -0.2) is 8.89 Å². The summed E-state index contributed by atoms with van der Waals surface area (Å²) in [5, 5.41) is 11.8. The number of nitrogens with zero attached hydrogens (tertiary/aromatic N) is 3. The van der Waals surface area contributed by atoms with Gasteiger partial charge in [-0.15, -0.1) is 0 Å². The molecule has 6 nitrogen and oxygen atoms in total. The molecule has 0 bridgehead atoms. The first-order valence-corrected chi connectivity index (χ1v) is 18.7. The lowest BCUT2D eigenvalue weighted by atomic mass is 9.89. The summed E-state index contributed by atoms with van der Waals surface area (Å²) in [4.78, 5) is 5.10. The predicted octanol–water partition coefficient (Wildman–Crippen LogP) is 8.28. The maximum Gasteiger partial charge on any atom is 0.192 e. The molecule has 0 saturated carbocycles. The van der Waals surface area contributed by atoms with E-state index in [1.54, 1.807) is 0 Å². The first kappa shape index (κ1) is 31.3. The zero-order valence-electron chi connectivity index (χ0n) is 25.9. The van der Waals surface area contributed by atoms with Crippen LogP contribution < -0.4 is 5.14 Å². The average molecular weight is 591 g/mol. The van der Waals surface area contributed by atoms with Gasteiger partial charge in [0, 0.05) is 22.6 Å². The van der Waals surface area contributed by atoms with Crippen LogP contribution in [0.4, 0.5) is 0 Å². The molecule has 0 spiro atoms. The Labute approximate surface area is 249 Å². The molecule has 0 aliphatic heterocycles. The molecule has 2 atom stereocenters. The van der Waals surface area contributed by atoms with Crippen LogP contribution in [0.2, 0.25) is 18.1 Å². The maximum absolute atomic E-state index is 12.2. The van der Waals surface area contributed by atoms with Gasteiger partial charge in [-0.05, 0) is 80.7 Å². The van der Waals surface area contributed by atoms with Crippen molar-refractivity contribution in [2.75, 3.05) is 0 Å². The quantitative estimate of drug-likeness (QED) is 0.178.